The summed E-state index contributed by atoms with van der Waals surface area (Å²) >= 11 is 0. The lowest BCUT2D eigenvalue weighted by Crippen LogP contribution is -2.43. The summed E-state index contributed by atoms with van der Waals surface area (Å²) in [5.41, 5.74) is 5.70. The third-order valence-electron chi connectivity index (χ3n) is 2.65. The minimum absolute atomic E-state index is 0.139. The normalized spacial score (nSPS) is 18.1. The summed E-state index contributed by atoms with van der Waals surface area (Å²) in [6.07, 6.45) is 3.04. The summed E-state index contributed by atoms with van der Waals surface area (Å²) < 4.78 is 0. The Kier molecular flexibility index (Phi) is 2.59. The number of hydrogen-bond donors (Lipinski definition) is 3. The number of carbonyl (C=O) groups excluding carboxylic acids is 1. The van der Waals surface area contributed by atoms with E-state index in [-0.39, 0.29) is 17.6 Å². The van der Waals surface area contributed by atoms with Crippen molar-refractivity contribution in [1.29, 1.82) is 0 Å². The number of hydrogen-bond acceptors (Lipinski definition) is 3. The van der Waals surface area contributed by atoms with Gasteiger partial charge in [0.1, 0.15) is 5.69 Å². The monoisotopic (exact) mass is 210 g/mol. The third-order valence-corrected chi connectivity index (χ3v) is 2.65. The molecule has 1 aliphatic heterocycles. The standard InChI is InChI=1S/C9H14N4O2/c10-6-1-3-13(4-2-6)8(14)7-5-11-9(15)12-7/h5-6H,1-4,10H2,(H2,11,12,15). The second-order valence-electron chi connectivity index (χ2n) is 3.79. The Morgan fingerprint density at radius 3 is 2.67 bits per heavy atom. The molecule has 6 nitrogen and oxygen atoms in total. The van der Waals surface area contributed by atoms with Crippen molar-refractivity contribution >= 4 is 5.91 Å². The number of nitrogens with one attached hydrogen (secondary N) is 2. The Hall–Kier alpha value is -1.56. The first-order valence-corrected chi connectivity index (χ1v) is 4.99. The van der Waals surface area contributed by atoms with E-state index in [1.165, 1.54) is 6.20 Å². The largest absolute Gasteiger partial charge is 0.337 e. The van der Waals surface area contributed by atoms with Gasteiger partial charge >= 0.3 is 5.69 Å². The minimum atomic E-state index is -0.355. The van der Waals surface area contributed by atoms with Crippen molar-refractivity contribution in [2.75, 3.05) is 13.1 Å². The molecule has 15 heavy (non-hydrogen) atoms. The summed E-state index contributed by atoms with van der Waals surface area (Å²) in [4.78, 5) is 29.2. The Bertz CT molecular complexity index is 400. The molecule has 1 aliphatic rings. The van der Waals surface area contributed by atoms with Gasteiger partial charge in [-0.15, -0.1) is 0 Å². The molecule has 1 aromatic heterocycles. The number of nitrogens with zero attached hydrogens (tertiary/aromatic N) is 1. The number of rotatable bonds is 1. The zero-order valence-electron chi connectivity index (χ0n) is 8.32. The van der Waals surface area contributed by atoms with E-state index in [1.54, 1.807) is 4.90 Å². The van der Waals surface area contributed by atoms with Crippen LogP contribution in [0.2, 0.25) is 0 Å². The van der Waals surface area contributed by atoms with Crippen LogP contribution in [0.15, 0.2) is 11.0 Å². The van der Waals surface area contributed by atoms with Crippen LogP contribution in [0.4, 0.5) is 0 Å². The van der Waals surface area contributed by atoms with Crippen LogP contribution in [-0.4, -0.2) is 39.9 Å². The van der Waals surface area contributed by atoms with Crippen molar-refractivity contribution in [1.82, 2.24) is 14.9 Å². The molecule has 6 heteroatoms. The minimum Gasteiger partial charge on any atom is -0.337 e. The Labute approximate surface area is 86.5 Å². The molecule has 0 aliphatic carbocycles. The van der Waals surface area contributed by atoms with Crippen LogP contribution in [0.25, 0.3) is 0 Å². The zero-order chi connectivity index (χ0) is 10.8. The van der Waals surface area contributed by atoms with Crippen molar-refractivity contribution < 1.29 is 4.79 Å². The van der Waals surface area contributed by atoms with Gasteiger partial charge in [0.2, 0.25) is 0 Å². The van der Waals surface area contributed by atoms with Crippen LogP contribution in [0, 0.1) is 0 Å². The molecule has 0 atom stereocenters. The van der Waals surface area contributed by atoms with Gasteiger partial charge in [0.15, 0.2) is 0 Å². The van der Waals surface area contributed by atoms with Gasteiger partial charge < -0.3 is 20.6 Å². The molecule has 1 aromatic rings. The highest BCUT2D eigenvalue weighted by Gasteiger charge is 2.22. The van der Waals surface area contributed by atoms with Crippen LogP contribution < -0.4 is 11.4 Å². The highest BCUT2D eigenvalue weighted by Crippen LogP contribution is 2.10. The first kappa shape index (κ1) is 9.97. The third kappa shape index (κ3) is 2.10. The number of likely N-dealkylation sites (tertiary alicyclic amines) is 1. The summed E-state index contributed by atoms with van der Waals surface area (Å²) in [7, 11) is 0. The van der Waals surface area contributed by atoms with E-state index in [4.69, 9.17) is 5.73 Å². The van der Waals surface area contributed by atoms with Gasteiger partial charge in [0.05, 0.1) is 0 Å². The fraction of sp³-hybridized carbons (Fsp3) is 0.556. The number of aromatic nitrogens is 2. The first-order chi connectivity index (χ1) is 7.16. The summed E-state index contributed by atoms with van der Waals surface area (Å²) in [5, 5.41) is 0. The van der Waals surface area contributed by atoms with E-state index < -0.39 is 0 Å². The Morgan fingerprint density at radius 2 is 2.13 bits per heavy atom. The predicted molar refractivity (Wildman–Crippen MR) is 54.5 cm³/mol. The molecule has 0 bridgehead atoms. The van der Waals surface area contributed by atoms with Crippen molar-refractivity contribution in [2.45, 2.75) is 18.9 Å². The van der Waals surface area contributed by atoms with E-state index in [9.17, 15) is 9.59 Å². The van der Waals surface area contributed by atoms with Gasteiger partial charge in [0, 0.05) is 25.3 Å². The average Bonchev–Trinajstić information content (AvgIpc) is 2.65. The molecule has 0 saturated carbocycles. The molecule has 1 fully saturated rings. The SMILES string of the molecule is NC1CCN(C(=O)c2c[nH]c(=O)[nH]2)CC1. The highest BCUT2D eigenvalue weighted by molar-refractivity contribution is 5.92. The number of amides is 1. The maximum Gasteiger partial charge on any atom is 0.323 e. The molecule has 0 unspecified atom stereocenters. The molecule has 1 saturated heterocycles. The molecule has 4 N–H and O–H groups in total. The summed E-state index contributed by atoms with van der Waals surface area (Å²) in [6.45, 7) is 1.32. The molecule has 0 aromatic carbocycles. The zero-order valence-corrected chi connectivity index (χ0v) is 8.32. The number of carbonyl (C=O) groups is 1. The van der Waals surface area contributed by atoms with Crippen molar-refractivity contribution in [3.63, 3.8) is 0 Å². The first-order valence-electron chi connectivity index (χ1n) is 4.99. The maximum absolute atomic E-state index is 11.8. The maximum atomic E-state index is 11.8. The van der Waals surface area contributed by atoms with Gasteiger partial charge in [-0.25, -0.2) is 4.79 Å². The molecule has 82 valence electrons. The van der Waals surface area contributed by atoms with Crippen LogP contribution in [0.3, 0.4) is 0 Å². The Morgan fingerprint density at radius 1 is 1.47 bits per heavy atom. The average molecular weight is 210 g/mol. The molecule has 0 spiro atoms. The van der Waals surface area contributed by atoms with Gasteiger partial charge in [-0.1, -0.05) is 0 Å². The molecule has 1 amide bonds. The van der Waals surface area contributed by atoms with E-state index in [2.05, 4.69) is 9.97 Å². The van der Waals surface area contributed by atoms with Gasteiger partial charge in [-0.05, 0) is 12.8 Å². The number of piperidine rings is 1. The second-order valence-corrected chi connectivity index (χ2v) is 3.79. The summed E-state index contributed by atoms with van der Waals surface area (Å²) in [6, 6.07) is 0.194. The van der Waals surface area contributed by atoms with Crippen LogP contribution in [0.5, 0.6) is 0 Å². The van der Waals surface area contributed by atoms with Gasteiger partial charge in [-0.3, -0.25) is 4.79 Å². The van der Waals surface area contributed by atoms with Crippen LogP contribution in [-0.2, 0) is 0 Å². The lowest BCUT2D eigenvalue weighted by Gasteiger charge is -2.29. The molecule has 2 rings (SSSR count). The van der Waals surface area contributed by atoms with Crippen LogP contribution >= 0.6 is 0 Å². The predicted octanol–water partition coefficient (Wildman–Crippen LogP) is -0.734. The fourth-order valence-corrected chi connectivity index (χ4v) is 1.72. The molecular weight excluding hydrogens is 196 g/mol. The molecular formula is C9H14N4O2. The number of aromatic amines is 2. The van der Waals surface area contributed by atoms with E-state index in [0.717, 1.165) is 12.8 Å². The van der Waals surface area contributed by atoms with E-state index >= 15 is 0 Å². The van der Waals surface area contributed by atoms with E-state index in [0.29, 0.717) is 18.8 Å². The fourth-order valence-electron chi connectivity index (χ4n) is 1.72. The second kappa shape index (κ2) is 3.90. The van der Waals surface area contributed by atoms with Crippen LogP contribution in [0.1, 0.15) is 23.3 Å². The molecule has 0 radical (unpaired) electrons. The lowest BCUT2D eigenvalue weighted by molar-refractivity contribution is 0.0709. The summed E-state index contributed by atoms with van der Waals surface area (Å²) in [5.74, 6) is -0.139. The van der Waals surface area contributed by atoms with Gasteiger partial charge in [-0.2, -0.15) is 0 Å². The smallest absolute Gasteiger partial charge is 0.323 e. The van der Waals surface area contributed by atoms with Crippen molar-refractivity contribution in [2.24, 2.45) is 5.73 Å². The van der Waals surface area contributed by atoms with Gasteiger partial charge in [0.25, 0.3) is 5.91 Å². The highest BCUT2D eigenvalue weighted by atomic mass is 16.2. The number of nitrogens with two attached hydrogens (primary N) is 1. The number of H-pyrrole nitrogens is 2. The topological polar surface area (TPSA) is 95.0 Å². The van der Waals surface area contributed by atoms with Crippen molar-refractivity contribution in [3.8, 4) is 0 Å². The van der Waals surface area contributed by atoms with E-state index in [1.807, 2.05) is 0 Å². The quantitative estimate of drug-likeness (QED) is 0.570. The lowest BCUT2D eigenvalue weighted by atomic mass is 10.1. The Balaban J connectivity index is 2.05. The molecule has 2 heterocycles. The van der Waals surface area contributed by atoms with Crippen molar-refractivity contribution in [3.05, 3.63) is 22.4 Å². The number of imidazole rings is 1.